The molecule has 6 nitrogen and oxygen atoms in total. The maximum absolute atomic E-state index is 12.8. The van der Waals surface area contributed by atoms with Crippen molar-refractivity contribution in [2.45, 2.75) is 58.4 Å². The van der Waals surface area contributed by atoms with Gasteiger partial charge in [0, 0.05) is 30.8 Å². The zero-order valence-corrected chi connectivity index (χ0v) is 16.9. The first kappa shape index (κ1) is 19.2. The number of hydrogen-bond acceptors (Lipinski definition) is 4. The lowest BCUT2D eigenvalue weighted by Gasteiger charge is -2.32. The lowest BCUT2D eigenvalue weighted by Crippen LogP contribution is -2.40. The fraction of sp³-hybridized carbons (Fsp3) is 0.682. The highest BCUT2D eigenvalue weighted by Crippen LogP contribution is 2.49. The number of nitrogens with zero attached hydrogens (tertiary/aromatic N) is 2. The molecule has 1 amide bonds. The van der Waals surface area contributed by atoms with Gasteiger partial charge >= 0.3 is 0 Å². The molecule has 0 radical (unpaired) electrons. The Morgan fingerprint density at radius 2 is 1.96 bits per heavy atom. The maximum atomic E-state index is 12.8. The summed E-state index contributed by atoms with van der Waals surface area (Å²) in [6, 6.07) is 5.06. The van der Waals surface area contributed by atoms with Crippen molar-refractivity contribution in [1.29, 1.82) is 0 Å². The number of benzene rings is 1. The van der Waals surface area contributed by atoms with Crippen LogP contribution in [-0.4, -0.2) is 30.0 Å². The number of amides is 1. The van der Waals surface area contributed by atoms with Crippen LogP contribution in [0.3, 0.4) is 0 Å². The number of nitrogens with one attached hydrogen (secondary N) is 1. The Bertz CT molecular complexity index is 757. The summed E-state index contributed by atoms with van der Waals surface area (Å²) < 4.78 is 0. The summed E-state index contributed by atoms with van der Waals surface area (Å²) in [5, 5.41) is 14.8. The molecule has 4 atom stereocenters. The molecule has 3 aliphatic rings. The number of rotatable bonds is 5. The van der Waals surface area contributed by atoms with E-state index < -0.39 is 0 Å². The molecule has 6 heteroatoms. The molecule has 28 heavy (non-hydrogen) atoms. The van der Waals surface area contributed by atoms with Gasteiger partial charge in [0.15, 0.2) is 0 Å². The molecule has 2 bridgehead atoms. The number of carbonyl (C=O) groups excluding carboxylic acids is 1. The van der Waals surface area contributed by atoms with Crippen molar-refractivity contribution in [1.82, 2.24) is 5.32 Å². The van der Waals surface area contributed by atoms with Crippen LogP contribution in [0.2, 0.25) is 0 Å². The van der Waals surface area contributed by atoms with Crippen molar-refractivity contribution in [2.75, 3.05) is 18.0 Å². The topological polar surface area (TPSA) is 75.5 Å². The number of carbonyl (C=O) groups is 1. The third-order valence-corrected chi connectivity index (χ3v) is 7.35. The average Bonchev–Trinajstić information content (AvgIpc) is 3.31. The highest BCUT2D eigenvalue weighted by molar-refractivity contribution is 5.96. The van der Waals surface area contributed by atoms with Crippen molar-refractivity contribution >= 4 is 17.3 Å². The summed E-state index contributed by atoms with van der Waals surface area (Å²) in [5.41, 5.74) is 1.06. The summed E-state index contributed by atoms with van der Waals surface area (Å²) in [6.07, 6.45) is 7.22. The molecule has 1 N–H and O–H groups in total. The van der Waals surface area contributed by atoms with Gasteiger partial charge in [0.05, 0.1) is 4.92 Å². The summed E-state index contributed by atoms with van der Waals surface area (Å²) in [5.74, 6) is 2.58. The molecule has 4 unspecified atom stereocenters. The first-order valence-corrected chi connectivity index (χ1v) is 10.8. The van der Waals surface area contributed by atoms with Crippen LogP contribution in [0.25, 0.3) is 0 Å². The number of hydrogen-bond donors (Lipinski definition) is 1. The minimum Gasteiger partial charge on any atom is -0.366 e. The van der Waals surface area contributed by atoms with E-state index in [1.165, 1.54) is 31.7 Å². The molecule has 1 heterocycles. The van der Waals surface area contributed by atoms with Gasteiger partial charge in [-0.2, -0.15) is 0 Å². The summed E-state index contributed by atoms with van der Waals surface area (Å²) in [4.78, 5) is 26.2. The van der Waals surface area contributed by atoms with Crippen molar-refractivity contribution in [3.8, 4) is 0 Å². The Kier molecular flexibility index (Phi) is 5.30. The van der Waals surface area contributed by atoms with E-state index in [2.05, 4.69) is 24.1 Å². The second kappa shape index (κ2) is 7.72. The van der Waals surface area contributed by atoms with Crippen molar-refractivity contribution in [3.63, 3.8) is 0 Å². The molecule has 1 aromatic carbocycles. The van der Waals surface area contributed by atoms with E-state index in [9.17, 15) is 14.9 Å². The first-order valence-electron chi connectivity index (χ1n) is 10.8. The number of nitro benzene ring substituents is 1. The predicted molar refractivity (Wildman–Crippen MR) is 110 cm³/mol. The van der Waals surface area contributed by atoms with Gasteiger partial charge in [-0.25, -0.2) is 0 Å². The quantitative estimate of drug-likeness (QED) is 0.603. The number of piperidine rings is 1. The van der Waals surface area contributed by atoms with Crippen LogP contribution in [0.15, 0.2) is 18.2 Å². The second-order valence-electron chi connectivity index (χ2n) is 9.23. The number of fused-ring (bicyclic) bond motifs is 2. The van der Waals surface area contributed by atoms with Crippen LogP contribution in [0, 0.1) is 33.8 Å². The van der Waals surface area contributed by atoms with Gasteiger partial charge < -0.3 is 10.2 Å². The summed E-state index contributed by atoms with van der Waals surface area (Å²) >= 11 is 0. The van der Waals surface area contributed by atoms with Crippen LogP contribution < -0.4 is 10.2 Å². The molecule has 1 aromatic rings. The highest BCUT2D eigenvalue weighted by atomic mass is 16.6. The Morgan fingerprint density at radius 1 is 1.21 bits per heavy atom. The van der Waals surface area contributed by atoms with E-state index in [1.807, 2.05) is 0 Å². The van der Waals surface area contributed by atoms with E-state index in [0.717, 1.165) is 37.8 Å². The van der Waals surface area contributed by atoms with Crippen LogP contribution >= 0.6 is 0 Å². The molecule has 3 fully saturated rings. The monoisotopic (exact) mass is 385 g/mol. The standard InChI is InChI=1S/C22H31N3O3/c1-14-7-9-24(10-8-14)20-6-5-18(13-21(20)25(27)28)22(26)23-15(2)19-12-16-3-4-17(19)11-16/h5-6,13-17,19H,3-4,7-12H2,1-2H3,(H,23,26). The second-order valence-corrected chi connectivity index (χ2v) is 9.23. The third kappa shape index (κ3) is 3.74. The molecular weight excluding hydrogens is 354 g/mol. The van der Waals surface area contributed by atoms with Crippen LogP contribution in [0.1, 0.15) is 62.7 Å². The molecule has 2 saturated carbocycles. The largest absolute Gasteiger partial charge is 0.366 e. The summed E-state index contributed by atoms with van der Waals surface area (Å²) in [7, 11) is 0. The minimum absolute atomic E-state index is 0.0368. The van der Waals surface area contributed by atoms with Crippen LogP contribution in [0.4, 0.5) is 11.4 Å². The van der Waals surface area contributed by atoms with Gasteiger partial charge in [0.2, 0.25) is 0 Å². The van der Waals surface area contributed by atoms with Gasteiger partial charge in [-0.05, 0) is 74.8 Å². The van der Waals surface area contributed by atoms with Crippen molar-refractivity contribution in [2.24, 2.45) is 23.7 Å². The van der Waals surface area contributed by atoms with Crippen molar-refractivity contribution in [3.05, 3.63) is 33.9 Å². The summed E-state index contributed by atoms with van der Waals surface area (Å²) in [6.45, 7) is 5.96. The molecule has 2 aliphatic carbocycles. The predicted octanol–water partition coefficient (Wildman–Crippen LogP) is 4.39. The smallest absolute Gasteiger partial charge is 0.293 e. The highest BCUT2D eigenvalue weighted by Gasteiger charge is 2.42. The van der Waals surface area contributed by atoms with Gasteiger partial charge in [-0.1, -0.05) is 13.3 Å². The Labute approximate surface area is 166 Å². The Hall–Kier alpha value is -2.11. The minimum atomic E-state index is -0.358. The normalized spacial score (nSPS) is 28.4. The molecule has 4 rings (SSSR count). The van der Waals surface area contributed by atoms with Gasteiger partial charge in [-0.15, -0.1) is 0 Å². The fourth-order valence-corrected chi connectivity index (χ4v) is 5.63. The third-order valence-electron chi connectivity index (χ3n) is 7.35. The Balaban J connectivity index is 1.47. The number of anilines is 1. The van der Waals surface area contributed by atoms with E-state index in [4.69, 9.17) is 0 Å². The fourth-order valence-electron chi connectivity index (χ4n) is 5.63. The number of nitro groups is 1. The molecule has 1 aliphatic heterocycles. The SMILES string of the molecule is CC1CCN(c2ccc(C(=O)NC(C)C3CC4CCC3C4)cc2[N+](=O)[O-])CC1. The van der Waals surface area contributed by atoms with Crippen LogP contribution in [0.5, 0.6) is 0 Å². The zero-order chi connectivity index (χ0) is 19.8. The van der Waals surface area contributed by atoms with E-state index in [0.29, 0.717) is 23.1 Å². The van der Waals surface area contributed by atoms with E-state index in [1.54, 1.807) is 12.1 Å². The lowest BCUT2D eigenvalue weighted by atomic mass is 9.84. The van der Waals surface area contributed by atoms with E-state index in [-0.39, 0.29) is 22.6 Å². The van der Waals surface area contributed by atoms with E-state index >= 15 is 0 Å². The van der Waals surface area contributed by atoms with Gasteiger partial charge in [0.1, 0.15) is 5.69 Å². The van der Waals surface area contributed by atoms with Crippen molar-refractivity contribution < 1.29 is 9.72 Å². The molecular formula is C22H31N3O3. The molecule has 152 valence electrons. The molecule has 0 aromatic heterocycles. The molecule has 1 saturated heterocycles. The van der Waals surface area contributed by atoms with Gasteiger partial charge in [0.25, 0.3) is 11.6 Å². The Morgan fingerprint density at radius 3 is 2.57 bits per heavy atom. The van der Waals surface area contributed by atoms with Crippen LogP contribution in [-0.2, 0) is 0 Å². The average molecular weight is 386 g/mol. The maximum Gasteiger partial charge on any atom is 0.293 e. The van der Waals surface area contributed by atoms with Gasteiger partial charge in [-0.3, -0.25) is 14.9 Å². The zero-order valence-electron chi connectivity index (χ0n) is 16.9. The molecule has 0 spiro atoms. The first-order chi connectivity index (χ1) is 13.4. The lowest BCUT2D eigenvalue weighted by molar-refractivity contribution is -0.384.